The number of benzene rings is 1. The van der Waals surface area contributed by atoms with Gasteiger partial charge in [-0.3, -0.25) is 0 Å². The Morgan fingerprint density at radius 2 is 2.00 bits per heavy atom. The summed E-state index contributed by atoms with van der Waals surface area (Å²) in [6.07, 6.45) is 3.61. The molecule has 1 aliphatic carbocycles. The average Bonchev–Trinajstić information content (AvgIpc) is 2.45. The highest BCUT2D eigenvalue weighted by atomic mass is 79.9. The van der Waals surface area contributed by atoms with Gasteiger partial charge in [-0.25, -0.2) is 0 Å². The third-order valence-corrected chi connectivity index (χ3v) is 2.97. The van der Waals surface area contributed by atoms with E-state index in [-0.39, 0.29) is 12.4 Å². The number of halogens is 2. The molecule has 0 bridgehead atoms. The molecular weight excluding hydrogens is 237 g/mol. The van der Waals surface area contributed by atoms with Gasteiger partial charge in [-0.05, 0) is 52.4 Å². The lowest BCUT2D eigenvalue weighted by molar-refractivity contribution is 0.912. The van der Waals surface area contributed by atoms with E-state index >= 15 is 0 Å². The van der Waals surface area contributed by atoms with E-state index in [4.69, 9.17) is 5.73 Å². The van der Waals surface area contributed by atoms with E-state index in [0.29, 0.717) is 0 Å². The Balaban J connectivity index is 0.000000720. The predicted octanol–water partition coefficient (Wildman–Crippen LogP) is 2.94. The zero-order valence-corrected chi connectivity index (χ0v) is 9.04. The van der Waals surface area contributed by atoms with Gasteiger partial charge in [0.15, 0.2) is 0 Å². The topological polar surface area (TPSA) is 26.0 Å². The van der Waals surface area contributed by atoms with Crippen LogP contribution < -0.4 is 5.73 Å². The molecule has 12 heavy (non-hydrogen) atoms. The molecule has 2 N–H and O–H groups in total. The Hall–Kier alpha value is -0.210. The lowest BCUT2D eigenvalue weighted by Gasteiger charge is -2.04. The second-order valence-electron chi connectivity index (χ2n) is 2.95. The monoisotopic (exact) mass is 247 g/mol. The summed E-state index contributed by atoms with van der Waals surface area (Å²) in [7, 11) is 0. The molecule has 0 aliphatic heterocycles. The molecule has 1 aromatic rings. The summed E-state index contributed by atoms with van der Waals surface area (Å²) in [6.45, 7) is 0. The lowest BCUT2D eigenvalue weighted by Crippen LogP contribution is -1.93. The number of aryl methyl sites for hydroxylation is 1. The van der Waals surface area contributed by atoms with Crippen molar-refractivity contribution in [2.45, 2.75) is 19.3 Å². The van der Waals surface area contributed by atoms with Crippen molar-refractivity contribution in [2.24, 2.45) is 0 Å². The van der Waals surface area contributed by atoms with Crippen molar-refractivity contribution >= 4 is 34.0 Å². The van der Waals surface area contributed by atoms with Crippen LogP contribution in [0.15, 0.2) is 16.6 Å². The molecule has 0 radical (unpaired) electrons. The van der Waals surface area contributed by atoms with Crippen LogP contribution in [0.1, 0.15) is 17.5 Å². The van der Waals surface area contributed by atoms with Gasteiger partial charge in [0.25, 0.3) is 0 Å². The summed E-state index contributed by atoms with van der Waals surface area (Å²) >= 11 is 3.42. The third-order valence-electron chi connectivity index (χ3n) is 2.27. The highest BCUT2D eigenvalue weighted by Gasteiger charge is 2.14. The molecule has 1 aromatic carbocycles. The maximum absolute atomic E-state index is 5.89. The number of hydrogen-bond donors (Lipinski definition) is 1. The van der Waals surface area contributed by atoms with Crippen molar-refractivity contribution in [2.75, 3.05) is 5.73 Å². The fourth-order valence-corrected chi connectivity index (χ4v) is 2.04. The van der Waals surface area contributed by atoms with Crippen LogP contribution in [-0.2, 0) is 12.8 Å². The highest BCUT2D eigenvalue weighted by molar-refractivity contribution is 9.10. The molecule has 0 aromatic heterocycles. The maximum Gasteiger partial charge on any atom is 0.0493 e. The highest BCUT2D eigenvalue weighted by Crippen LogP contribution is 2.32. The zero-order valence-electron chi connectivity index (χ0n) is 6.64. The van der Waals surface area contributed by atoms with Gasteiger partial charge in [0, 0.05) is 10.2 Å². The number of hydrogen-bond acceptors (Lipinski definition) is 1. The van der Waals surface area contributed by atoms with Crippen LogP contribution in [0.25, 0.3) is 0 Å². The SMILES string of the molecule is Cl.Nc1c(Br)ccc2c1CCC2. The summed E-state index contributed by atoms with van der Waals surface area (Å²) in [5.74, 6) is 0. The summed E-state index contributed by atoms with van der Waals surface area (Å²) in [4.78, 5) is 0. The van der Waals surface area contributed by atoms with Gasteiger partial charge in [-0.15, -0.1) is 12.4 Å². The third kappa shape index (κ3) is 1.46. The van der Waals surface area contributed by atoms with Gasteiger partial charge in [0.1, 0.15) is 0 Å². The molecule has 66 valence electrons. The Bertz CT molecular complexity index is 299. The van der Waals surface area contributed by atoms with Crippen LogP contribution in [0.5, 0.6) is 0 Å². The normalized spacial score (nSPS) is 13.8. The fourth-order valence-electron chi connectivity index (χ4n) is 1.67. The molecule has 0 unspecified atom stereocenters. The smallest absolute Gasteiger partial charge is 0.0493 e. The van der Waals surface area contributed by atoms with Crippen LogP contribution >= 0.6 is 28.3 Å². The van der Waals surface area contributed by atoms with Crippen LogP contribution in [0.4, 0.5) is 5.69 Å². The quantitative estimate of drug-likeness (QED) is 0.702. The van der Waals surface area contributed by atoms with E-state index in [2.05, 4.69) is 22.0 Å². The number of nitrogens with two attached hydrogens (primary N) is 1. The molecule has 0 atom stereocenters. The minimum atomic E-state index is 0. The molecule has 0 fully saturated rings. The number of rotatable bonds is 0. The molecule has 1 aliphatic rings. The minimum Gasteiger partial charge on any atom is -0.398 e. The lowest BCUT2D eigenvalue weighted by atomic mass is 10.1. The average molecular weight is 249 g/mol. The van der Waals surface area contributed by atoms with Gasteiger partial charge in [-0.2, -0.15) is 0 Å². The van der Waals surface area contributed by atoms with Gasteiger partial charge < -0.3 is 5.73 Å². The van der Waals surface area contributed by atoms with E-state index in [1.165, 1.54) is 24.0 Å². The first-order valence-electron chi connectivity index (χ1n) is 3.85. The summed E-state index contributed by atoms with van der Waals surface area (Å²) in [5, 5.41) is 0. The van der Waals surface area contributed by atoms with E-state index in [1.54, 1.807) is 0 Å². The van der Waals surface area contributed by atoms with Crippen LogP contribution in [-0.4, -0.2) is 0 Å². The minimum absolute atomic E-state index is 0. The van der Waals surface area contributed by atoms with E-state index in [9.17, 15) is 0 Å². The van der Waals surface area contributed by atoms with E-state index < -0.39 is 0 Å². The summed E-state index contributed by atoms with van der Waals surface area (Å²) in [6, 6.07) is 4.21. The first-order chi connectivity index (χ1) is 5.29. The standard InChI is InChI=1S/C9H10BrN.ClH/c10-8-5-4-6-2-1-3-7(6)9(8)11;/h4-5H,1-3,11H2;1H. The first kappa shape index (κ1) is 9.87. The van der Waals surface area contributed by atoms with Gasteiger partial charge in [0.2, 0.25) is 0 Å². The van der Waals surface area contributed by atoms with Crippen molar-refractivity contribution < 1.29 is 0 Å². The molecule has 0 amide bonds. The second kappa shape index (κ2) is 3.67. The fraction of sp³-hybridized carbons (Fsp3) is 0.333. The Labute approximate surface area is 86.9 Å². The van der Waals surface area contributed by atoms with Gasteiger partial charge >= 0.3 is 0 Å². The molecule has 0 saturated carbocycles. The molecule has 2 rings (SSSR count). The maximum atomic E-state index is 5.89. The largest absolute Gasteiger partial charge is 0.398 e. The van der Waals surface area contributed by atoms with Crippen molar-refractivity contribution in [1.29, 1.82) is 0 Å². The van der Waals surface area contributed by atoms with Crippen LogP contribution in [0.3, 0.4) is 0 Å². The molecule has 0 heterocycles. The summed E-state index contributed by atoms with van der Waals surface area (Å²) in [5.41, 5.74) is 9.63. The summed E-state index contributed by atoms with van der Waals surface area (Å²) < 4.78 is 1.04. The predicted molar refractivity (Wildman–Crippen MR) is 57.8 cm³/mol. The number of anilines is 1. The van der Waals surface area contributed by atoms with Crippen molar-refractivity contribution in [3.63, 3.8) is 0 Å². The number of nitrogen functional groups attached to an aromatic ring is 1. The Morgan fingerprint density at radius 1 is 1.25 bits per heavy atom. The number of fused-ring (bicyclic) bond motifs is 1. The van der Waals surface area contributed by atoms with Gasteiger partial charge in [-0.1, -0.05) is 6.07 Å². The molecule has 0 spiro atoms. The first-order valence-corrected chi connectivity index (χ1v) is 4.64. The Morgan fingerprint density at radius 3 is 2.75 bits per heavy atom. The zero-order chi connectivity index (χ0) is 7.84. The van der Waals surface area contributed by atoms with Crippen LogP contribution in [0.2, 0.25) is 0 Å². The van der Waals surface area contributed by atoms with E-state index in [0.717, 1.165) is 16.6 Å². The molecule has 0 saturated heterocycles. The molecule has 1 nitrogen and oxygen atoms in total. The van der Waals surface area contributed by atoms with Gasteiger partial charge in [0.05, 0.1) is 0 Å². The Kier molecular flexibility index (Phi) is 3.02. The van der Waals surface area contributed by atoms with E-state index in [1.807, 2.05) is 6.07 Å². The second-order valence-corrected chi connectivity index (χ2v) is 3.81. The van der Waals surface area contributed by atoms with Crippen molar-refractivity contribution in [3.05, 3.63) is 27.7 Å². The van der Waals surface area contributed by atoms with Crippen molar-refractivity contribution in [3.8, 4) is 0 Å². The van der Waals surface area contributed by atoms with Crippen molar-refractivity contribution in [1.82, 2.24) is 0 Å². The molecule has 3 heteroatoms. The molecular formula is C9H11BrClN. The van der Waals surface area contributed by atoms with Crippen LogP contribution in [0, 0.1) is 0 Å².